The molecule has 10 heteroatoms. The van der Waals surface area contributed by atoms with E-state index in [2.05, 4.69) is 43.3 Å². The Labute approximate surface area is 205 Å². The Balaban J connectivity index is 1.41. The average molecular weight is 478 g/mol. The van der Waals surface area contributed by atoms with Crippen LogP contribution in [0.3, 0.4) is 0 Å². The number of aromatic nitrogens is 3. The molecular weight excluding hydrogens is 446 g/mol. The topological polar surface area (TPSA) is 88.1 Å². The highest BCUT2D eigenvalue weighted by Gasteiger charge is 2.18. The summed E-state index contributed by atoms with van der Waals surface area (Å²) in [5.41, 5.74) is 3.26. The van der Waals surface area contributed by atoms with Crippen molar-refractivity contribution < 1.29 is 14.2 Å². The summed E-state index contributed by atoms with van der Waals surface area (Å²) in [6.07, 6.45) is 3.46. The Hall–Kier alpha value is -3.63. The van der Waals surface area contributed by atoms with Crippen LogP contribution in [-0.2, 0) is 9.47 Å². The Morgan fingerprint density at radius 3 is 2.09 bits per heavy atom. The maximum atomic E-state index is 5.56. The van der Waals surface area contributed by atoms with Gasteiger partial charge in [-0.3, -0.25) is 0 Å². The van der Waals surface area contributed by atoms with E-state index in [0.29, 0.717) is 5.95 Å². The third-order valence-corrected chi connectivity index (χ3v) is 6.19. The predicted octanol–water partition coefficient (Wildman–Crippen LogP) is 3.06. The summed E-state index contributed by atoms with van der Waals surface area (Å²) < 4.78 is 16.4. The number of pyridine rings is 1. The molecule has 2 aromatic heterocycles. The first-order valence-corrected chi connectivity index (χ1v) is 11.8. The van der Waals surface area contributed by atoms with Gasteiger partial charge in [-0.1, -0.05) is 0 Å². The molecule has 0 atom stereocenters. The lowest BCUT2D eigenvalue weighted by atomic mass is 10.2. The predicted molar refractivity (Wildman–Crippen MR) is 137 cm³/mol. The first-order valence-electron chi connectivity index (χ1n) is 11.8. The third-order valence-electron chi connectivity index (χ3n) is 6.19. The molecule has 0 amide bonds. The van der Waals surface area contributed by atoms with Crippen LogP contribution in [-0.4, -0.2) is 81.7 Å². The third kappa shape index (κ3) is 5.55. The second-order valence-corrected chi connectivity index (χ2v) is 8.41. The van der Waals surface area contributed by atoms with Crippen molar-refractivity contribution in [3.8, 4) is 5.75 Å². The van der Waals surface area contributed by atoms with E-state index >= 15 is 0 Å². The molecule has 2 aliphatic rings. The van der Waals surface area contributed by atoms with E-state index in [0.717, 1.165) is 87.1 Å². The van der Waals surface area contributed by atoms with Crippen molar-refractivity contribution in [2.75, 3.05) is 86.8 Å². The van der Waals surface area contributed by atoms with E-state index in [1.807, 2.05) is 30.1 Å². The van der Waals surface area contributed by atoms with Crippen molar-refractivity contribution >= 4 is 34.6 Å². The lowest BCUT2D eigenvalue weighted by Crippen LogP contribution is -2.38. The Bertz CT molecular complexity index is 1100. The molecule has 2 fully saturated rings. The number of morpholine rings is 2. The zero-order valence-electron chi connectivity index (χ0n) is 20.2. The Kier molecular flexibility index (Phi) is 7.10. The van der Waals surface area contributed by atoms with Crippen molar-refractivity contribution in [1.29, 1.82) is 0 Å². The Morgan fingerprint density at radius 2 is 1.46 bits per heavy atom. The SMILES string of the molecule is COc1ccnc(N(C)c2ccnc(Nc3cc(N4CCOCC4)cc(N4CCOCC4)c3)n2)c1. The largest absolute Gasteiger partial charge is 0.497 e. The van der Waals surface area contributed by atoms with Gasteiger partial charge in [0.05, 0.1) is 33.5 Å². The summed E-state index contributed by atoms with van der Waals surface area (Å²) in [6, 6.07) is 12.1. The molecule has 1 N–H and O–H groups in total. The summed E-state index contributed by atoms with van der Waals surface area (Å²) in [7, 11) is 3.56. The number of nitrogens with zero attached hydrogens (tertiary/aromatic N) is 6. The van der Waals surface area contributed by atoms with Gasteiger partial charge in [-0.2, -0.15) is 4.98 Å². The van der Waals surface area contributed by atoms with Crippen LogP contribution in [0.15, 0.2) is 48.8 Å². The number of anilines is 6. The van der Waals surface area contributed by atoms with E-state index in [-0.39, 0.29) is 0 Å². The van der Waals surface area contributed by atoms with E-state index in [9.17, 15) is 0 Å². The molecule has 0 unspecified atom stereocenters. The van der Waals surface area contributed by atoms with E-state index in [4.69, 9.17) is 19.2 Å². The summed E-state index contributed by atoms with van der Waals surface area (Å²) in [5.74, 6) is 2.72. The van der Waals surface area contributed by atoms with Crippen LogP contribution in [0.1, 0.15) is 0 Å². The van der Waals surface area contributed by atoms with Gasteiger partial charge >= 0.3 is 0 Å². The highest BCUT2D eigenvalue weighted by Crippen LogP contribution is 2.31. The highest BCUT2D eigenvalue weighted by atomic mass is 16.5. The number of nitrogens with one attached hydrogen (secondary N) is 1. The molecule has 1 aromatic carbocycles. The first kappa shape index (κ1) is 23.1. The second-order valence-electron chi connectivity index (χ2n) is 8.41. The molecule has 2 saturated heterocycles. The summed E-state index contributed by atoms with van der Waals surface area (Å²) in [6.45, 7) is 6.43. The van der Waals surface area contributed by atoms with Crippen LogP contribution in [0.2, 0.25) is 0 Å². The molecule has 0 radical (unpaired) electrons. The number of hydrogen-bond donors (Lipinski definition) is 1. The zero-order valence-corrected chi connectivity index (χ0v) is 20.2. The fourth-order valence-electron chi connectivity index (χ4n) is 4.23. The van der Waals surface area contributed by atoms with Crippen LogP contribution in [0.5, 0.6) is 5.75 Å². The molecule has 3 aromatic rings. The van der Waals surface area contributed by atoms with E-state index in [1.54, 1.807) is 19.5 Å². The molecule has 5 rings (SSSR count). The quantitative estimate of drug-likeness (QED) is 0.548. The van der Waals surface area contributed by atoms with Gasteiger partial charge in [-0.05, 0) is 30.3 Å². The van der Waals surface area contributed by atoms with Crippen molar-refractivity contribution in [3.05, 3.63) is 48.8 Å². The molecule has 0 spiro atoms. The summed E-state index contributed by atoms with van der Waals surface area (Å²) >= 11 is 0. The van der Waals surface area contributed by atoms with Crippen molar-refractivity contribution in [2.24, 2.45) is 0 Å². The van der Waals surface area contributed by atoms with Gasteiger partial charge in [0.15, 0.2) is 0 Å². The number of ether oxygens (including phenoxy) is 3. The Morgan fingerprint density at radius 1 is 0.829 bits per heavy atom. The first-order chi connectivity index (χ1) is 17.2. The molecule has 2 aliphatic heterocycles. The fraction of sp³-hybridized carbons (Fsp3) is 0.400. The molecule has 35 heavy (non-hydrogen) atoms. The molecule has 184 valence electrons. The standard InChI is InChI=1S/C25H31N7O3/c1-30(24-18-22(33-2)3-5-26-24)23-4-6-27-25(29-23)28-19-15-20(31-7-11-34-12-8-31)17-21(16-19)32-9-13-35-14-10-32/h3-6,15-18H,7-14H2,1-2H3,(H,27,28,29). The van der Waals surface area contributed by atoms with Gasteiger partial charge in [0.1, 0.15) is 17.4 Å². The molecule has 4 heterocycles. The minimum atomic E-state index is 0.518. The van der Waals surface area contributed by atoms with Gasteiger partial charge in [-0.15, -0.1) is 0 Å². The molecule has 0 saturated carbocycles. The summed E-state index contributed by atoms with van der Waals surface area (Å²) in [5, 5.41) is 3.42. The second kappa shape index (κ2) is 10.7. The number of methoxy groups -OCH3 is 1. The average Bonchev–Trinajstić information content (AvgIpc) is 2.93. The molecular formula is C25H31N7O3. The number of hydrogen-bond acceptors (Lipinski definition) is 10. The summed E-state index contributed by atoms with van der Waals surface area (Å²) in [4.78, 5) is 20.3. The molecule has 0 aliphatic carbocycles. The van der Waals surface area contributed by atoms with Crippen LogP contribution in [0.25, 0.3) is 0 Å². The van der Waals surface area contributed by atoms with Gasteiger partial charge < -0.3 is 34.2 Å². The zero-order chi connectivity index (χ0) is 24.0. The lowest BCUT2D eigenvalue weighted by Gasteiger charge is -2.33. The van der Waals surface area contributed by atoms with Crippen LogP contribution in [0.4, 0.5) is 34.6 Å². The minimum absolute atomic E-state index is 0.518. The van der Waals surface area contributed by atoms with E-state index in [1.165, 1.54) is 0 Å². The fourth-order valence-corrected chi connectivity index (χ4v) is 4.23. The molecule has 10 nitrogen and oxygen atoms in total. The molecule has 0 bridgehead atoms. The monoisotopic (exact) mass is 477 g/mol. The van der Waals surface area contributed by atoms with Crippen LogP contribution < -0.4 is 24.8 Å². The van der Waals surface area contributed by atoms with Crippen LogP contribution >= 0.6 is 0 Å². The number of benzene rings is 1. The van der Waals surface area contributed by atoms with Crippen LogP contribution in [0, 0.1) is 0 Å². The minimum Gasteiger partial charge on any atom is -0.497 e. The van der Waals surface area contributed by atoms with Gasteiger partial charge in [-0.25, -0.2) is 9.97 Å². The van der Waals surface area contributed by atoms with E-state index < -0.39 is 0 Å². The van der Waals surface area contributed by atoms with Gasteiger partial charge in [0, 0.05) is 68.7 Å². The van der Waals surface area contributed by atoms with Crippen molar-refractivity contribution in [1.82, 2.24) is 15.0 Å². The maximum Gasteiger partial charge on any atom is 0.229 e. The van der Waals surface area contributed by atoms with Crippen molar-refractivity contribution in [3.63, 3.8) is 0 Å². The van der Waals surface area contributed by atoms with Gasteiger partial charge in [0.25, 0.3) is 0 Å². The maximum absolute atomic E-state index is 5.56. The normalized spacial score (nSPS) is 16.2. The smallest absolute Gasteiger partial charge is 0.229 e. The highest BCUT2D eigenvalue weighted by molar-refractivity contribution is 5.72. The van der Waals surface area contributed by atoms with Gasteiger partial charge in [0.2, 0.25) is 5.95 Å². The lowest BCUT2D eigenvalue weighted by molar-refractivity contribution is 0.122. The van der Waals surface area contributed by atoms with Crippen molar-refractivity contribution in [2.45, 2.75) is 0 Å². The number of rotatable bonds is 7.